The standard InChI is InChI=1S/C15H20N2O4/c1-3-21-15(20)11-5-4-8-17(9-11)14(19)13-7-6-12(16-13)10(2)18/h6-7,11,16H,3-5,8-9H2,1-2H3. The number of nitrogens with one attached hydrogen (secondary N) is 1. The monoisotopic (exact) mass is 292 g/mol. The Kier molecular flexibility index (Phi) is 4.77. The number of hydrogen-bond acceptors (Lipinski definition) is 4. The molecule has 0 spiro atoms. The lowest BCUT2D eigenvalue weighted by molar-refractivity contribution is -0.149. The van der Waals surface area contributed by atoms with Crippen LogP contribution in [-0.2, 0) is 9.53 Å². The topological polar surface area (TPSA) is 79.5 Å². The van der Waals surface area contributed by atoms with E-state index in [1.807, 2.05) is 0 Å². The number of amides is 1. The van der Waals surface area contributed by atoms with E-state index in [1.165, 1.54) is 6.92 Å². The van der Waals surface area contributed by atoms with Crippen LogP contribution in [0.5, 0.6) is 0 Å². The Bertz CT molecular complexity index is 550. The summed E-state index contributed by atoms with van der Waals surface area (Å²) in [5.41, 5.74) is 0.794. The van der Waals surface area contributed by atoms with Gasteiger partial charge in [0.25, 0.3) is 5.91 Å². The smallest absolute Gasteiger partial charge is 0.310 e. The summed E-state index contributed by atoms with van der Waals surface area (Å²) < 4.78 is 5.02. The quantitative estimate of drug-likeness (QED) is 0.675. The van der Waals surface area contributed by atoms with Crippen LogP contribution >= 0.6 is 0 Å². The number of nitrogens with zero attached hydrogens (tertiary/aromatic N) is 1. The first-order valence-corrected chi connectivity index (χ1v) is 7.18. The van der Waals surface area contributed by atoms with E-state index in [9.17, 15) is 14.4 Å². The Balaban J connectivity index is 2.04. The lowest BCUT2D eigenvalue weighted by Crippen LogP contribution is -2.43. The number of aromatic amines is 1. The summed E-state index contributed by atoms with van der Waals surface area (Å²) >= 11 is 0. The van der Waals surface area contributed by atoms with E-state index in [2.05, 4.69) is 4.98 Å². The van der Waals surface area contributed by atoms with Gasteiger partial charge < -0.3 is 14.6 Å². The molecule has 21 heavy (non-hydrogen) atoms. The molecule has 6 heteroatoms. The van der Waals surface area contributed by atoms with Crippen LogP contribution in [0.2, 0.25) is 0 Å². The first-order valence-electron chi connectivity index (χ1n) is 7.18. The second-order valence-electron chi connectivity index (χ2n) is 5.18. The molecule has 1 unspecified atom stereocenters. The average Bonchev–Trinajstić information content (AvgIpc) is 2.97. The van der Waals surface area contributed by atoms with Crippen molar-refractivity contribution in [2.75, 3.05) is 19.7 Å². The molecule has 1 aliphatic rings. The Hall–Kier alpha value is -2.11. The average molecular weight is 292 g/mol. The summed E-state index contributed by atoms with van der Waals surface area (Å²) in [6.45, 7) is 4.54. The van der Waals surface area contributed by atoms with Gasteiger partial charge in [0, 0.05) is 20.0 Å². The summed E-state index contributed by atoms with van der Waals surface area (Å²) in [6.07, 6.45) is 1.52. The van der Waals surface area contributed by atoms with Gasteiger partial charge in [-0.15, -0.1) is 0 Å². The molecule has 1 atom stereocenters. The maximum Gasteiger partial charge on any atom is 0.310 e. The van der Waals surface area contributed by atoms with Crippen molar-refractivity contribution in [1.29, 1.82) is 0 Å². The van der Waals surface area contributed by atoms with Crippen molar-refractivity contribution in [1.82, 2.24) is 9.88 Å². The number of ketones is 1. The number of carbonyl (C=O) groups is 3. The highest BCUT2D eigenvalue weighted by atomic mass is 16.5. The molecular weight excluding hydrogens is 272 g/mol. The molecule has 1 N–H and O–H groups in total. The summed E-state index contributed by atoms with van der Waals surface area (Å²) in [5.74, 6) is -0.801. The molecule has 114 valence electrons. The fourth-order valence-corrected chi connectivity index (χ4v) is 2.51. The van der Waals surface area contributed by atoms with Crippen LogP contribution in [0.4, 0.5) is 0 Å². The van der Waals surface area contributed by atoms with Crippen molar-refractivity contribution in [3.63, 3.8) is 0 Å². The van der Waals surface area contributed by atoms with Crippen molar-refractivity contribution in [2.45, 2.75) is 26.7 Å². The lowest BCUT2D eigenvalue weighted by atomic mass is 9.98. The molecule has 0 saturated carbocycles. The highest BCUT2D eigenvalue weighted by Crippen LogP contribution is 2.20. The van der Waals surface area contributed by atoms with Crippen molar-refractivity contribution in [3.05, 3.63) is 23.5 Å². The zero-order chi connectivity index (χ0) is 15.4. The number of rotatable bonds is 4. The molecule has 1 amide bonds. The van der Waals surface area contributed by atoms with Crippen LogP contribution in [0.15, 0.2) is 12.1 Å². The molecule has 1 saturated heterocycles. The Morgan fingerprint density at radius 2 is 2.05 bits per heavy atom. The van der Waals surface area contributed by atoms with Crippen molar-refractivity contribution in [2.24, 2.45) is 5.92 Å². The Labute approximate surface area is 123 Å². The molecule has 1 fully saturated rings. The normalized spacial score (nSPS) is 18.4. The van der Waals surface area contributed by atoms with Gasteiger partial charge in [0.05, 0.1) is 18.2 Å². The van der Waals surface area contributed by atoms with Crippen LogP contribution in [0, 0.1) is 5.92 Å². The molecule has 0 aromatic carbocycles. The van der Waals surface area contributed by atoms with Crippen molar-refractivity contribution < 1.29 is 19.1 Å². The molecule has 6 nitrogen and oxygen atoms in total. The van der Waals surface area contributed by atoms with E-state index in [1.54, 1.807) is 24.0 Å². The third-order valence-corrected chi connectivity index (χ3v) is 3.62. The fraction of sp³-hybridized carbons (Fsp3) is 0.533. The molecule has 2 rings (SSSR count). The van der Waals surface area contributed by atoms with Gasteiger partial charge in [0.1, 0.15) is 5.69 Å². The predicted molar refractivity (Wildman–Crippen MR) is 76.1 cm³/mol. The number of esters is 1. The highest BCUT2D eigenvalue weighted by molar-refractivity contribution is 5.97. The summed E-state index contributed by atoms with van der Waals surface area (Å²) in [6, 6.07) is 3.20. The second kappa shape index (κ2) is 6.56. The van der Waals surface area contributed by atoms with Gasteiger partial charge in [0.15, 0.2) is 5.78 Å². The number of H-pyrrole nitrogens is 1. The zero-order valence-electron chi connectivity index (χ0n) is 12.3. The van der Waals surface area contributed by atoms with E-state index in [-0.39, 0.29) is 23.6 Å². The summed E-state index contributed by atoms with van der Waals surface area (Å²) in [4.78, 5) is 39.9. The van der Waals surface area contributed by atoms with Crippen molar-refractivity contribution >= 4 is 17.7 Å². The van der Waals surface area contributed by atoms with E-state index in [0.717, 1.165) is 12.8 Å². The van der Waals surface area contributed by atoms with Crippen LogP contribution in [0.3, 0.4) is 0 Å². The number of likely N-dealkylation sites (tertiary alicyclic amines) is 1. The van der Waals surface area contributed by atoms with E-state index >= 15 is 0 Å². The number of piperidine rings is 1. The summed E-state index contributed by atoms with van der Waals surface area (Å²) in [5, 5.41) is 0. The molecule has 0 bridgehead atoms. The molecular formula is C15H20N2O4. The SMILES string of the molecule is CCOC(=O)C1CCCN(C(=O)c2ccc(C(C)=O)[nH]2)C1. The van der Waals surface area contributed by atoms with Crippen molar-refractivity contribution in [3.8, 4) is 0 Å². The van der Waals surface area contributed by atoms with Gasteiger partial charge in [-0.05, 0) is 31.9 Å². The number of aromatic nitrogens is 1. The van der Waals surface area contributed by atoms with Crippen LogP contribution in [0.1, 0.15) is 47.7 Å². The molecule has 0 aliphatic carbocycles. The summed E-state index contributed by atoms with van der Waals surface area (Å²) in [7, 11) is 0. The molecule has 1 aromatic rings. The predicted octanol–water partition coefficient (Wildman–Crippen LogP) is 1.63. The van der Waals surface area contributed by atoms with E-state index < -0.39 is 0 Å². The van der Waals surface area contributed by atoms with Gasteiger partial charge in [-0.2, -0.15) is 0 Å². The molecule has 1 aliphatic heterocycles. The maximum absolute atomic E-state index is 12.4. The minimum absolute atomic E-state index is 0.114. The number of ether oxygens (including phenoxy) is 1. The third kappa shape index (κ3) is 3.51. The largest absolute Gasteiger partial charge is 0.466 e. The minimum Gasteiger partial charge on any atom is -0.466 e. The van der Waals surface area contributed by atoms with Crippen LogP contribution in [-0.4, -0.2) is 47.2 Å². The number of Topliss-reactive ketones (excluding diaryl/α,β-unsaturated/α-hetero) is 1. The van der Waals surface area contributed by atoms with E-state index in [0.29, 0.717) is 31.1 Å². The fourth-order valence-electron chi connectivity index (χ4n) is 2.51. The first kappa shape index (κ1) is 15.3. The van der Waals surface area contributed by atoms with Crippen LogP contribution < -0.4 is 0 Å². The van der Waals surface area contributed by atoms with E-state index in [4.69, 9.17) is 4.74 Å². The molecule has 2 heterocycles. The van der Waals surface area contributed by atoms with Crippen LogP contribution in [0.25, 0.3) is 0 Å². The van der Waals surface area contributed by atoms with Gasteiger partial charge >= 0.3 is 5.97 Å². The second-order valence-corrected chi connectivity index (χ2v) is 5.18. The van der Waals surface area contributed by atoms with Gasteiger partial charge in [0.2, 0.25) is 0 Å². The minimum atomic E-state index is -0.259. The molecule has 1 aromatic heterocycles. The maximum atomic E-state index is 12.4. The number of carbonyl (C=O) groups excluding carboxylic acids is 3. The Morgan fingerprint density at radius 3 is 2.67 bits per heavy atom. The van der Waals surface area contributed by atoms with Gasteiger partial charge in [-0.25, -0.2) is 0 Å². The number of hydrogen-bond donors (Lipinski definition) is 1. The Morgan fingerprint density at radius 1 is 1.33 bits per heavy atom. The first-order chi connectivity index (χ1) is 10.0. The lowest BCUT2D eigenvalue weighted by Gasteiger charge is -2.31. The zero-order valence-corrected chi connectivity index (χ0v) is 12.3. The van der Waals surface area contributed by atoms with Gasteiger partial charge in [-0.1, -0.05) is 0 Å². The highest BCUT2D eigenvalue weighted by Gasteiger charge is 2.30. The molecule has 0 radical (unpaired) electrons. The third-order valence-electron chi connectivity index (χ3n) is 3.62. The van der Waals surface area contributed by atoms with Gasteiger partial charge in [-0.3, -0.25) is 14.4 Å².